The molecule has 1 aliphatic heterocycles. The van der Waals surface area contributed by atoms with Crippen molar-refractivity contribution in [2.24, 2.45) is 0 Å². The minimum absolute atomic E-state index is 0.0987. The standard InChI is InChI=1S/C17H23NO5/c1-16(2,3)23-15(21)18-9-11-7-6-8-12(14(19)20)13(11)22-17(4,5)10-18/h6-8H,9-10H2,1-5H3,(H,19,20). The van der Waals surface area contributed by atoms with Crippen LogP contribution in [0.25, 0.3) is 0 Å². The summed E-state index contributed by atoms with van der Waals surface area (Å²) in [5.74, 6) is -0.737. The van der Waals surface area contributed by atoms with E-state index in [2.05, 4.69) is 0 Å². The molecule has 126 valence electrons. The predicted octanol–water partition coefficient (Wildman–Crippen LogP) is 3.29. The van der Waals surface area contributed by atoms with Crippen molar-refractivity contribution < 1.29 is 24.2 Å². The number of hydrogen-bond donors (Lipinski definition) is 1. The Morgan fingerprint density at radius 3 is 2.52 bits per heavy atom. The Labute approximate surface area is 136 Å². The second kappa shape index (κ2) is 5.76. The Kier molecular flexibility index (Phi) is 4.28. The lowest BCUT2D eigenvalue weighted by Gasteiger charge is -2.31. The van der Waals surface area contributed by atoms with Crippen LogP contribution in [0.1, 0.15) is 50.5 Å². The lowest BCUT2D eigenvalue weighted by Crippen LogP contribution is -2.45. The summed E-state index contributed by atoms with van der Waals surface area (Å²) >= 11 is 0. The molecule has 1 aromatic rings. The van der Waals surface area contributed by atoms with Gasteiger partial charge in [0.25, 0.3) is 0 Å². The van der Waals surface area contributed by atoms with E-state index in [1.54, 1.807) is 37.8 Å². The van der Waals surface area contributed by atoms with Gasteiger partial charge in [-0.3, -0.25) is 4.90 Å². The summed E-state index contributed by atoms with van der Waals surface area (Å²) in [4.78, 5) is 25.4. The van der Waals surface area contributed by atoms with Gasteiger partial charge in [0.05, 0.1) is 13.1 Å². The third-order valence-electron chi connectivity index (χ3n) is 3.29. The van der Waals surface area contributed by atoms with Crippen LogP contribution in [0.3, 0.4) is 0 Å². The molecule has 0 atom stereocenters. The van der Waals surface area contributed by atoms with Crippen LogP contribution in [-0.2, 0) is 11.3 Å². The van der Waals surface area contributed by atoms with E-state index in [0.717, 1.165) is 0 Å². The fraction of sp³-hybridized carbons (Fsp3) is 0.529. The summed E-state index contributed by atoms with van der Waals surface area (Å²) in [6, 6.07) is 4.91. The number of aromatic carboxylic acids is 1. The van der Waals surface area contributed by atoms with Crippen LogP contribution in [0.2, 0.25) is 0 Å². The molecule has 0 bridgehead atoms. The third kappa shape index (κ3) is 4.15. The van der Waals surface area contributed by atoms with Gasteiger partial charge in [0.2, 0.25) is 0 Å². The Hall–Kier alpha value is -2.24. The van der Waals surface area contributed by atoms with Gasteiger partial charge in [0.15, 0.2) is 0 Å². The highest BCUT2D eigenvalue weighted by atomic mass is 16.6. The monoisotopic (exact) mass is 321 g/mol. The van der Waals surface area contributed by atoms with Crippen molar-refractivity contribution in [1.29, 1.82) is 0 Å². The maximum absolute atomic E-state index is 12.4. The molecular formula is C17H23NO5. The highest BCUT2D eigenvalue weighted by Gasteiger charge is 2.35. The molecule has 0 fully saturated rings. The highest BCUT2D eigenvalue weighted by molar-refractivity contribution is 5.91. The van der Waals surface area contributed by atoms with Gasteiger partial charge in [-0.25, -0.2) is 9.59 Å². The third-order valence-corrected chi connectivity index (χ3v) is 3.29. The number of rotatable bonds is 1. The molecule has 1 aromatic carbocycles. The molecule has 1 aliphatic rings. The number of carbonyl (C=O) groups is 2. The smallest absolute Gasteiger partial charge is 0.410 e. The minimum atomic E-state index is -1.05. The second-order valence-corrected chi connectivity index (χ2v) is 7.30. The van der Waals surface area contributed by atoms with E-state index in [1.807, 2.05) is 13.8 Å². The van der Waals surface area contributed by atoms with E-state index >= 15 is 0 Å². The zero-order valence-electron chi connectivity index (χ0n) is 14.2. The van der Waals surface area contributed by atoms with Crippen LogP contribution >= 0.6 is 0 Å². The SMILES string of the molecule is CC(C)(C)OC(=O)N1Cc2cccc(C(=O)O)c2OC(C)(C)C1. The fourth-order valence-corrected chi connectivity index (χ4v) is 2.48. The number of ether oxygens (including phenoxy) is 2. The van der Waals surface area contributed by atoms with Crippen LogP contribution in [0.4, 0.5) is 4.79 Å². The molecule has 0 spiro atoms. The molecular weight excluding hydrogens is 298 g/mol. The molecule has 6 nitrogen and oxygen atoms in total. The Bertz CT molecular complexity index is 630. The van der Waals surface area contributed by atoms with Gasteiger partial charge in [0.1, 0.15) is 22.5 Å². The first-order chi connectivity index (χ1) is 10.5. The second-order valence-electron chi connectivity index (χ2n) is 7.30. The summed E-state index contributed by atoms with van der Waals surface area (Å²) in [5, 5.41) is 9.35. The number of para-hydroxylation sites is 1. The Morgan fingerprint density at radius 1 is 1.30 bits per heavy atom. The van der Waals surface area contributed by atoms with E-state index in [0.29, 0.717) is 17.9 Å². The van der Waals surface area contributed by atoms with E-state index < -0.39 is 23.3 Å². The molecule has 23 heavy (non-hydrogen) atoms. The normalized spacial score (nSPS) is 16.8. The zero-order chi connectivity index (χ0) is 17.4. The van der Waals surface area contributed by atoms with E-state index in [4.69, 9.17) is 9.47 Å². The van der Waals surface area contributed by atoms with Gasteiger partial charge < -0.3 is 14.6 Å². The number of benzene rings is 1. The average Bonchev–Trinajstić information content (AvgIpc) is 2.50. The summed E-state index contributed by atoms with van der Waals surface area (Å²) in [7, 11) is 0. The van der Waals surface area contributed by atoms with Crippen molar-refractivity contribution in [1.82, 2.24) is 4.90 Å². The van der Waals surface area contributed by atoms with Crippen LogP contribution in [0.5, 0.6) is 5.75 Å². The Balaban J connectivity index is 2.40. The summed E-state index contributed by atoms with van der Waals surface area (Å²) in [5.41, 5.74) is -0.573. The first-order valence-electron chi connectivity index (χ1n) is 7.51. The zero-order valence-corrected chi connectivity index (χ0v) is 14.2. The predicted molar refractivity (Wildman–Crippen MR) is 84.8 cm³/mol. The number of carboxylic acid groups (broad SMARTS) is 1. The molecule has 6 heteroatoms. The van der Waals surface area contributed by atoms with Crippen LogP contribution < -0.4 is 4.74 Å². The number of nitrogens with zero attached hydrogens (tertiary/aromatic N) is 1. The summed E-state index contributed by atoms with van der Waals surface area (Å²) < 4.78 is 11.4. The average molecular weight is 321 g/mol. The first kappa shape index (κ1) is 17.1. The van der Waals surface area contributed by atoms with Gasteiger partial charge in [-0.2, -0.15) is 0 Å². The van der Waals surface area contributed by atoms with Gasteiger partial charge in [-0.05, 0) is 40.7 Å². The topological polar surface area (TPSA) is 76.1 Å². The molecule has 0 saturated heterocycles. The minimum Gasteiger partial charge on any atom is -0.485 e. The van der Waals surface area contributed by atoms with Crippen molar-refractivity contribution in [2.75, 3.05) is 6.54 Å². The van der Waals surface area contributed by atoms with Crippen molar-refractivity contribution in [3.63, 3.8) is 0 Å². The molecule has 0 aliphatic carbocycles. The Morgan fingerprint density at radius 2 is 1.96 bits per heavy atom. The van der Waals surface area contributed by atoms with Gasteiger partial charge in [-0.1, -0.05) is 12.1 Å². The van der Waals surface area contributed by atoms with Crippen molar-refractivity contribution >= 4 is 12.1 Å². The maximum atomic E-state index is 12.4. The number of carbonyl (C=O) groups excluding carboxylic acids is 1. The highest BCUT2D eigenvalue weighted by Crippen LogP contribution is 2.33. The molecule has 0 aromatic heterocycles. The van der Waals surface area contributed by atoms with Crippen LogP contribution in [0, 0.1) is 0 Å². The number of hydrogen-bond acceptors (Lipinski definition) is 4. The van der Waals surface area contributed by atoms with Crippen molar-refractivity contribution in [2.45, 2.75) is 52.4 Å². The number of carboxylic acids is 1. The number of fused-ring (bicyclic) bond motifs is 1. The molecule has 1 N–H and O–H groups in total. The lowest BCUT2D eigenvalue weighted by molar-refractivity contribution is 0.00727. The number of amides is 1. The van der Waals surface area contributed by atoms with Gasteiger partial charge in [0, 0.05) is 5.56 Å². The van der Waals surface area contributed by atoms with Crippen molar-refractivity contribution in [3.8, 4) is 5.75 Å². The molecule has 0 unspecified atom stereocenters. The lowest BCUT2D eigenvalue weighted by atomic mass is 10.1. The van der Waals surface area contributed by atoms with E-state index in [9.17, 15) is 14.7 Å². The van der Waals surface area contributed by atoms with E-state index in [-0.39, 0.29) is 12.1 Å². The largest absolute Gasteiger partial charge is 0.485 e. The summed E-state index contributed by atoms with van der Waals surface area (Å²) in [6.07, 6.45) is -0.442. The quantitative estimate of drug-likeness (QED) is 0.859. The van der Waals surface area contributed by atoms with Gasteiger partial charge >= 0.3 is 12.1 Å². The van der Waals surface area contributed by atoms with Gasteiger partial charge in [-0.15, -0.1) is 0 Å². The molecule has 0 radical (unpaired) electrons. The molecule has 2 rings (SSSR count). The molecule has 1 heterocycles. The summed E-state index contributed by atoms with van der Waals surface area (Å²) in [6.45, 7) is 9.60. The fourth-order valence-electron chi connectivity index (χ4n) is 2.48. The maximum Gasteiger partial charge on any atom is 0.410 e. The van der Waals surface area contributed by atoms with Crippen LogP contribution in [0.15, 0.2) is 18.2 Å². The molecule has 1 amide bonds. The van der Waals surface area contributed by atoms with E-state index in [1.165, 1.54) is 6.07 Å². The van der Waals surface area contributed by atoms with Crippen LogP contribution in [-0.4, -0.2) is 39.8 Å². The molecule has 0 saturated carbocycles. The van der Waals surface area contributed by atoms with Crippen molar-refractivity contribution in [3.05, 3.63) is 29.3 Å². The first-order valence-corrected chi connectivity index (χ1v) is 7.51.